The summed E-state index contributed by atoms with van der Waals surface area (Å²) in [5.74, 6) is 0.448. The topological polar surface area (TPSA) is 12.0 Å². The molecular weight excluding hydrogens is 273 g/mol. The number of benzene rings is 2. The van der Waals surface area contributed by atoms with Crippen molar-refractivity contribution in [1.29, 1.82) is 0 Å². The third kappa shape index (κ3) is 2.72. The lowest BCUT2D eigenvalue weighted by Crippen LogP contribution is -2.34. The van der Waals surface area contributed by atoms with E-state index in [0.717, 1.165) is 25.1 Å². The number of piperidine rings is 1. The van der Waals surface area contributed by atoms with Crippen LogP contribution >= 0.6 is 11.6 Å². The van der Waals surface area contributed by atoms with E-state index >= 15 is 0 Å². The zero-order chi connectivity index (χ0) is 13.9. The van der Waals surface area contributed by atoms with Gasteiger partial charge >= 0.3 is 0 Å². The standard InChI is InChI=1S/C17H17ClFN/c18-17-10-13(19)6-7-15(17)14-8-9-20-11-16(14)12-4-2-1-3-5-12/h1-7,10,14,16,20H,8-9,11H2. The third-order valence-corrected chi connectivity index (χ3v) is 4.40. The van der Waals surface area contributed by atoms with Crippen molar-refractivity contribution >= 4 is 11.6 Å². The average molecular weight is 290 g/mol. The van der Waals surface area contributed by atoms with Crippen LogP contribution in [0.4, 0.5) is 4.39 Å². The highest BCUT2D eigenvalue weighted by Gasteiger charge is 2.29. The molecule has 1 N–H and O–H groups in total. The van der Waals surface area contributed by atoms with E-state index in [1.54, 1.807) is 0 Å². The molecule has 3 heteroatoms. The van der Waals surface area contributed by atoms with Crippen molar-refractivity contribution in [2.75, 3.05) is 13.1 Å². The molecule has 0 saturated carbocycles. The van der Waals surface area contributed by atoms with Crippen molar-refractivity contribution in [2.24, 2.45) is 0 Å². The van der Waals surface area contributed by atoms with E-state index in [1.165, 1.54) is 17.7 Å². The molecule has 2 unspecified atom stereocenters. The number of halogens is 2. The smallest absolute Gasteiger partial charge is 0.124 e. The summed E-state index contributed by atoms with van der Waals surface area (Å²) in [5, 5.41) is 3.99. The molecule has 20 heavy (non-hydrogen) atoms. The first kappa shape index (κ1) is 13.6. The Labute approximate surface area is 123 Å². The molecule has 2 aromatic rings. The highest BCUT2D eigenvalue weighted by Crippen LogP contribution is 2.40. The predicted octanol–water partition coefficient (Wildman–Crippen LogP) is 4.34. The summed E-state index contributed by atoms with van der Waals surface area (Å²) >= 11 is 6.26. The second kappa shape index (κ2) is 5.94. The zero-order valence-electron chi connectivity index (χ0n) is 11.2. The van der Waals surface area contributed by atoms with Gasteiger partial charge in [0.25, 0.3) is 0 Å². The van der Waals surface area contributed by atoms with Crippen LogP contribution in [0.1, 0.15) is 29.4 Å². The molecule has 1 fully saturated rings. The lowest BCUT2D eigenvalue weighted by atomic mass is 9.77. The van der Waals surface area contributed by atoms with Gasteiger partial charge in [0.1, 0.15) is 5.82 Å². The number of hydrogen-bond donors (Lipinski definition) is 1. The van der Waals surface area contributed by atoms with Crippen LogP contribution in [0.25, 0.3) is 0 Å². The lowest BCUT2D eigenvalue weighted by Gasteiger charge is -2.33. The Kier molecular flexibility index (Phi) is 4.04. The van der Waals surface area contributed by atoms with Crippen molar-refractivity contribution in [1.82, 2.24) is 5.32 Å². The Morgan fingerprint density at radius 3 is 2.60 bits per heavy atom. The van der Waals surface area contributed by atoms with Crippen molar-refractivity contribution < 1.29 is 4.39 Å². The van der Waals surface area contributed by atoms with Crippen molar-refractivity contribution in [3.63, 3.8) is 0 Å². The van der Waals surface area contributed by atoms with Crippen molar-refractivity contribution in [3.05, 3.63) is 70.5 Å². The van der Waals surface area contributed by atoms with Crippen LogP contribution in [-0.2, 0) is 0 Å². The molecule has 0 radical (unpaired) electrons. The summed E-state index contributed by atoms with van der Waals surface area (Å²) in [5.41, 5.74) is 2.37. The molecule has 104 valence electrons. The second-order valence-electron chi connectivity index (χ2n) is 5.28. The van der Waals surface area contributed by atoms with Crippen LogP contribution in [0.2, 0.25) is 5.02 Å². The molecule has 2 atom stereocenters. The van der Waals surface area contributed by atoms with E-state index in [-0.39, 0.29) is 5.82 Å². The molecule has 2 aromatic carbocycles. The molecule has 0 aromatic heterocycles. The normalized spacial score (nSPS) is 22.7. The van der Waals surface area contributed by atoms with E-state index < -0.39 is 0 Å². The molecule has 1 saturated heterocycles. The number of nitrogens with one attached hydrogen (secondary N) is 1. The maximum absolute atomic E-state index is 13.2. The summed E-state index contributed by atoms with van der Waals surface area (Å²) in [6.45, 7) is 1.91. The monoisotopic (exact) mass is 289 g/mol. The molecule has 1 nitrogen and oxygen atoms in total. The number of rotatable bonds is 2. The van der Waals surface area contributed by atoms with Gasteiger partial charge in [0, 0.05) is 17.5 Å². The summed E-state index contributed by atoms with van der Waals surface area (Å²) in [6, 6.07) is 15.2. The molecule has 1 heterocycles. The summed E-state index contributed by atoms with van der Waals surface area (Å²) < 4.78 is 13.2. The summed E-state index contributed by atoms with van der Waals surface area (Å²) in [7, 11) is 0. The first-order valence-electron chi connectivity index (χ1n) is 6.96. The highest BCUT2D eigenvalue weighted by molar-refractivity contribution is 6.31. The fraction of sp³-hybridized carbons (Fsp3) is 0.294. The molecular formula is C17H17ClFN. The largest absolute Gasteiger partial charge is 0.316 e. The molecule has 0 amide bonds. The maximum Gasteiger partial charge on any atom is 0.124 e. The Morgan fingerprint density at radius 2 is 1.85 bits per heavy atom. The van der Waals surface area contributed by atoms with Gasteiger partial charge in [-0.25, -0.2) is 4.39 Å². The third-order valence-electron chi connectivity index (χ3n) is 4.07. The van der Waals surface area contributed by atoms with Crippen molar-refractivity contribution in [2.45, 2.75) is 18.3 Å². The number of hydrogen-bond acceptors (Lipinski definition) is 1. The SMILES string of the molecule is Fc1ccc(C2CCNCC2c2ccccc2)c(Cl)c1. The minimum absolute atomic E-state index is 0.274. The molecule has 1 aliphatic heterocycles. The Bertz CT molecular complexity index is 585. The van der Waals surface area contributed by atoms with E-state index in [1.807, 2.05) is 12.1 Å². The van der Waals surface area contributed by atoms with Crippen LogP contribution in [-0.4, -0.2) is 13.1 Å². The first-order valence-corrected chi connectivity index (χ1v) is 7.34. The molecule has 0 spiro atoms. The Hall–Kier alpha value is -1.38. The molecule has 3 rings (SSSR count). The summed E-state index contributed by atoms with van der Waals surface area (Å²) in [6.07, 6.45) is 1.02. The summed E-state index contributed by atoms with van der Waals surface area (Å²) in [4.78, 5) is 0. The zero-order valence-corrected chi connectivity index (χ0v) is 11.9. The molecule has 0 bridgehead atoms. The fourth-order valence-corrected chi connectivity index (χ4v) is 3.39. The lowest BCUT2D eigenvalue weighted by molar-refractivity contribution is 0.404. The van der Waals surface area contributed by atoms with Crippen LogP contribution < -0.4 is 5.32 Å². The van der Waals surface area contributed by atoms with E-state index in [4.69, 9.17) is 11.6 Å². The molecule has 1 aliphatic rings. The van der Waals surface area contributed by atoms with Gasteiger partial charge < -0.3 is 5.32 Å². The Balaban J connectivity index is 1.97. The first-order chi connectivity index (χ1) is 9.75. The fourth-order valence-electron chi connectivity index (χ4n) is 3.08. The van der Waals surface area contributed by atoms with Gasteiger partial charge in [-0.1, -0.05) is 48.0 Å². The predicted molar refractivity (Wildman–Crippen MR) is 80.8 cm³/mol. The minimum atomic E-state index is -0.274. The second-order valence-corrected chi connectivity index (χ2v) is 5.69. The van der Waals surface area contributed by atoms with Crippen LogP contribution in [0, 0.1) is 5.82 Å². The van der Waals surface area contributed by atoms with Crippen LogP contribution in [0.15, 0.2) is 48.5 Å². The minimum Gasteiger partial charge on any atom is -0.316 e. The van der Waals surface area contributed by atoms with Gasteiger partial charge in [0.2, 0.25) is 0 Å². The van der Waals surface area contributed by atoms with Gasteiger partial charge in [-0.3, -0.25) is 0 Å². The maximum atomic E-state index is 13.2. The van der Waals surface area contributed by atoms with Gasteiger partial charge in [0.15, 0.2) is 0 Å². The van der Waals surface area contributed by atoms with E-state index in [0.29, 0.717) is 16.9 Å². The Morgan fingerprint density at radius 1 is 1.05 bits per heavy atom. The van der Waals surface area contributed by atoms with Gasteiger partial charge in [0.05, 0.1) is 0 Å². The van der Waals surface area contributed by atoms with Crippen LogP contribution in [0.3, 0.4) is 0 Å². The van der Waals surface area contributed by atoms with Gasteiger partial charge in [-0.05, 0) is 42.1 Å². The van der Waals surface area contributed by atoms with Gasteiger partial charge in [-0.2, -0.15) is 0 Å². The van der Waals surface area contributed by atoms with Crippen LogP contribution in [0.5, 0.6) is 0 Å². The van der Waals surface area contributed by atoms with E-state index in [2.05, 4.69) is 29.6 Å². The average Bonchev–Trinajstić information content (AvgIpc) is 2.48. The highest BCUT2D eigenvalue weighted by atomic mass is 35.5. The quantitative estimate of drug-likeness (QED) is 0.867. The van der Waals surface area contributed by atoms with Gasteiger partial charge in [-0.15, -0.1) is 0 Å². The van der Waals surface area contributed by atoms with Crippen molar-refractivity contribution in [3.8, 4) is 0 Å². The van der Waals surface area contributed by atoms with E-state index in [9.17, 15) is 4.39 Å². The molecule has 0 aliphatic carbocycles.